The Labute approximate surface area is 211 Å². The number of benzene rings is 1. The molecule has 0 saturated heterocycles. The van der Waals surface area contributed by atoms with Crippen LogP contribution < -0.4 is 0 Å². The number of carbonyl (C=O) groups is 1. The highest BCUT2D eigenvalue weighted by atomic mass is 35.5. The minimum absolute atomic E-state index is 0.174. The Morgan fingerprint density at radius 1 is 1.26 bits per heavy atom. The van der Waals surface area contributed by atoms with Crippen molar-refractivity contribution in [2.24, 2.45) is 11.8 Å². The summed E-state index contributed by atoms with van der Waals surface area (Å²) in [6.07, 6.45) is 4.14. The number of aromatic nitrogens is 2. The lowest BCUT2D eigenvalue weighted by Crippen LogP contribution is -2.36. The van der Waals surface area contributed by atoms with Gasteiger partial charge in [0.05, 0.1) is 30.0 Å². The maximum Gasteiger partial charge on any atom is 0.228 e. The van der Waals surface area contributed by atoms with Crippen molar-refractivity contribution in [2.75, 3.05) is 19.6 Å². The van der Waals surface area contributed by atoms with Gasteiger partial charge < -0.3 is 4.90 Å². The summed E-state index contributed by atoms with van der Waals surface area (Å²) in [7, 11) is 0. The first kappa shape index (κ1) is 23.6. The van der Waals surface area contributed by atoms with Crippen LogP contribution >= 0.6 is 22.9 Å². The SMILES string of the molecule is CC(C)CN(Cc1nn(-c2cccc(Cl)c2)c2c1CN(CC1CC1)CC2)C(=O)Cc1cccs1. The van der Waals surface area contributed by atoms with E-state index in [2.05, 4.69) is 29.5 Å². The van der Waals surface area contributed by atoms with Crippen molar-refractivity contribution >= 4 is 28.8 Å². The van der Waals surface area contributed by atoms with E-state index in [1.165, 1.54) is 30.6 Å². The van der Waals surface area contributed by atoms with Gasteiger partial charge in [0.2, 0.25) is 5.91 Å². The predicted molar refractivity (Wildman–Crippen MR) is 139 cm³/mol. The predicted octanol–water partition coefficient (Wildman–Crippen LogP) is 5.58. The lowest BCUT2D eigenvalue weighted by molar-refractivity contribution is -0.131. The summed E-state index contributed by atoms with van der Waals surface area (Å²) in [5, 5.41) is 7.84. The van der Waals surface area contributed by atoms with E-state index in [1.54, 1.807) is 11.3 Å². The van der Waals surface area contributed by atoms with E-state index in [9.17, 15) is 4.79 Å². The number of hydrogen-bond acceptors (Lipinski definition) is 4. The Bertz CT molecular complexity index is 1140. The van der Waals surface area contributed by atoms with Gasteiger partial charge in [-0.25, -0.2) is 4.68 Å². The highest BCUT2D eigenvalue weighted by molar-refractivity contribution is 7.10. The van der Waals surface area contributed by atoms with Crippen LogP contribution in [0.2, 0.25) is 5.02 Å². The molecule has 3 heterocycles. The second kappa shape index (κ2) is 10.2. The summed E-state index contributed by atoms with van der Waals surface area (Å²) in [6.45, 7) is 8.77. The second-order valence-electron chi connectivity index (χ2n) is 10.1. The van der Waals surface area contributed by atoms with Crippen LogP contribution in [0.5, 0.6) is 0 Å². The van der Waals surface area contributed by atoms with Gasteiger partial charge in [-0.1, -0.05) is 37.6 Å². The fraction of sp³-hybridized carbons (Fsp3) is 0.481. The van der Waals surface area contributed by atoms with E-state index in [4.69, 9.17) is 16.7 Å². The first-order valence-corrected chi connectivity index (χ1v) is 13.6. The van der Waals surface area contributed by atoms with Crippen LogP contribution in [0.25, 0.3) is 5.69 Å². The fourth-order valence-corrected chi connectivity index (χ4v) is 5.74. The summed E-state index contributed by atoms with van der Waals surface area (Å²) in [5.74, 6) is 1.43. The van der Waals surface area contributed by atoms with Crippen molar-refractivity contribution < 1.29 is 4.79 Å². The largest absolute Gasteiger partial charge is 0.336 e. The molecule has 7 heteroatoms. The van der Waals surface area contributed by atoms with Gasteiger partial charge in [0, 0.05) is 48.1 Å². The molecule has 0 N–H and O–H groups in total. The average Bonchev–Trinajstić information content (AvgIpc) is 3.33. The summed E-state index contributed by atoms with van der Waals surface area (Å²) < 4.78 is 2.07. The maximum absolute atomic E-state index is 13.3. The van der Waals surface area contributed by atoms with Gasteiger partial charge >= 0.3 is 0 Å². The number of hydrogen-bond donors (Lipinski definition) is 0. The van der Waals surface area contributed by atoms with E-state index in [1.807, 2.05) is 40.6 Å². The molecule has 5 nitrogen and oxygen atoms in total. The van der Waals surface area contributed by atoms with Crippen molar-refractivity contribution in [1.82, 2.24) is 19.6 Å². The number of nitrogens with zero attached hydrogens (tertiary/aromatic N) is 4. The molecule has 180 valence electrons. The zero-order valence-corrected chi connectivity index (χ0v) is 21.6. The third kappa shape index (κ3) is 5.56. The third-order valence-electron chi connectivity index (χ3n) is 6.67. The van der Waals surface area contributed by atoms with E-state index in [0.29, 0.717) is 23.9 Å². The normalized spacial score (nSPS) is 16.1. The molecule has 0 bridgehead atoms. The van der Waals surface area contributed by atoms with Gasteiger partial charge in [-0.05, 0) is 54.3 Å². The van der Waals surface area contributed by atoms with Crippen LogP contribution in [-0.2, 0) is 30.7 Å². The molecule has 0 spiro atoms. The number of carbonyl (C=O) groups excluding carboxylic acids is 1. The molecule has 1 aliphatic carbocycles. The molecule has 0 radical (unpaired) electrons. The van der Waals surface area contributed by atoms with E-state index in [-0.39, 0.29) is 5.91 Å². The molecule has 1 aromatic carbocycles. The number of rotatable bonds is 9. The van der Waals surface area contributed by atoms with Gasteiger partial charge in [0.15, 0.2) is 0 Å². The third-order valence-corrected chi connectivity index (χ3v) is 7.78. The Morgan fingerprint density at radius 2 is 2.12 bits per heavy atom. The van der Waals surface area contributed by atoms with Crippen molar-refractivity contribution in [3.05, 3.63) is 68.6 Å². The average molecular weight is 497 g/mol. The van der Waals surface area contributed by atoms with Crippen LogP contribution in [0.4, 0.5) is 0 Å². The summed E-state index contributed by atoms with van der Waals surface area (Å²) in [4.78, 5) is 19.0. The monoisotopic (exact) mass is 496 g/mol. The van der Waals surface area contributed by atoms with Gasteiger partial charge in [-0.15, -0.1) is 11.3 Å². The van der Waals surface area contributed by atoms with E-state index in [0.717, 1.165) is 48.2 Å². The number of fused-ring (bicyclic) bond motifs is 1. The topological polar surface area (TPSA) is 41.4 Å². The molecule has 34 heavy (non-hydrogen) atoms. The Kier molecular flexibility index (Phi) is 7.09. The first-order valence-electron chi connectivity index (χ1n) is 12.3. The molecule has 2 aliphatic rings. The molecule has 5 rings (SSSR count). The van der Waals surface area contributed by atoms with E-state index < -0.39 is 0 Å². The van der Waals surface area contributed by atoms with Crippen molar-refractivity contribution in [3.63, 3.8) is 0 Å². The Morgan fingerprint density at radius 3 is 2.82 bits per heavy atom. The van der Waals surface area contributed by atoms with Crippen LogP contribution in [0.3, 0.4) is 0 Å². The Hall–Kier alpha value is -2.15. The Balaban J connectivity index is 1.46. The molecule has 1 aliphatic heterocycles. The molecule has 1 saturated carbocycles. The zero-order valence-electron chi connectivity index (χ0n) is 20.0. The highest BCUT2D eigenvalue weighted by Crippen LogP contribution is 2.33. The molecule has 1 amide bonds. The maximum atomic E-state index is 13.3. The van der Waals surface area contributed by atoms with Crippen molar-refractivity contribution in [3.8, 4) is 5.69 Å². The molecular formula is C27H33ClN4OS. The minimum atomic E-state index is 0.174. The molecule has 0 atom stereocenters. The van der Waals surface area contributed by atoms with Gasteiger partial charge in [0.25, 0.3) is 0 Å². The van der Waals surface area contributed by atoms with Crippen LogP contribution in [0.1, 0.15) is 48.5 Å². The zero-order chi connectivity index (χ0) is 23.7. The van der Waals surface area contributed by atoms with Gasteiger partial charge in [0.1, 0.15) is 0 Å². The lowest BCUT2D eigenvalue weighted by Gasteiger charge is -2.29. The molecule has 0 unspecified atom stereocenters. The molecule has 2 aromatic heterocycles. The molecular weight excluding hydrogens is 464 g/mol. The van der Waals surface area contributed by atoms with Gasteiger partial charge in [-0.3, -0.25) is 9.69 Å². The van der Waals surface area contributed by atoms with E-state index >= 15 is 0 Å². The molecule has 3 aromatic rings. The highest BCUT2D eigenvalue weighted by Gasteiger charge is 2.31. The number of amides is 1. The van der Waals surface area contributed by atoms with Crippen molar-refractivity contribution in [2.45, 2.75) is 52.6 Å². The van der Waals surface area contributed by atoms with Crippen molar-refractivity contribution in [1.29, 1.82) is 0 Å². The van der Waals surface area contributed by atoms with Crippen LogP contribution in [-0.4, -0.2) is 45.1 Å². The molecule has 1 fully saturated rings. The van der Waals surface area contributed by atoms with Crippen LogP contribution in [0, 0.1) is 11.8 Å². The second-order valence-corrected chi connectivity index (χ2v) is 11.6. The smallest absolute Gasteiger partial charge is 0.228 e. The fourth-order valence-electron chi connectivity index (χ4n) is 4.86. The lowest BCUT2D eigenvalue weighted by atomic mass is 10.0. The summed E-state index contributed by atoms with van der Waals surface area (Å²) in [5.41, 5.74) is 4.57. The summed E-state index contributed by atoms with van der Waals surface area (Å²) >= 11 is 7.97. The number of thiophene rings is 1. The number of halogens is 1. The minimum Gasteiger partial charge on any atom is -0.336 e. The first-order chi connectivity index (χ1) is 16.5. The summed E-state index contributed by atoms with van der Waals surface area (Å²) in [6, 6.07) is 12.0. The standard InChI is InChI=1S/C27H33ClN4OS/c1-19(2)15-31(27(33)14-23-7-4-12-34-23)18-25-24-17-30(16-20-8-9-20)11-10-26(24)32(29-25)22-6-3-5-21(28)13-22/h3-7,12-13,19-20H,8-11,14-18H2,1-2H3. The van der Waals surface area contributed by atoms with Gasteiger partial charge in [-0.2, -0.15) is 5.10 Å². The van der Waals surface area contributed by atoms with Crippen LogP contribution in [0.15, 0.2) is 41.8 Å². The quantitative estimate of drug-likeness (QED) is 0.388.